The van der Waals surface area contributed by atoms with Crippen LogP contribution in [0.1, 0.15) is 22.3 Å². The van der Waals surface area contributed by atoms with Crippen LogP contribution in [0.3, 0.4) is 0 Å². The molecule has 0 aliphatic carbocycles. The number of nitrogens with one attached hydrogen (secondary N) is 1. The number of hydrogen-bond acceptors (Lipinski definition) is 6. The number of anilines is 2. The zero-order chi connectivity index (χ0) is 28.3. The van der Waals surface area contributed by atoms with Crippen LogP contribution in [0.25, 0.3) is 0 Å². The lowest BCUT2D eigenvalue weighted by molar-refractivity contribution is 0.100. The molecule has 1 unspecified atom stereocenters. The Morgan fingerprint density at radius 1 is 0.951 bits per heavy atom. The molecule has 3 heterocycles. The van der Waals surface area contributed by atoms with Gasteiger partial charge in [-0.05, 0) is 67.1 Å². The molecule has 1 aliphatic rings. The second-order valence-electron chi connectivity index (χ2n) is 9.85. The Morgan fingerprint density at radius 3 is 2.44 bits per heavy atom. The highest BCUT2D eigenvalue weighted by Crippen LogP contribution is 2.18. The molecule has 0 radical (unpaired) electrons. The first-order valence-electron chi connectivity index (χ1n) is 13.8. The minimum atomic E-state index is -0.240. The van der Waals surface area contributed by atoms with Gasteiger partial charge in [0.15, 0.2) is 0 Å². The van der Waals surface area contributed by atoms with Crippen LogP contribution in [-0.4, -0.2) is 66.0 Å². The minimum Gasteiger partial charge on any atom is -0.352 e. The molecule has 9 heteroatoms. The van der Waals surface area contributed by atoms with Crippen LogP contribution in [0.15, 0.2) is 113 Å². The van der Waals surface area contributed by atoms with Crippen molar-refractivity contribution in [3.63, 3.8) is 0 Å². The fraction of sp³-hybridized carbons (Fsp3) is 0.250. The molecule has 8 nitrogen and oxygen atoms in total. The van der Waals surface area contributed by atoms with E-state index in [9.17, 15) is 4.79 Å². The molecule has 0 saturated carbocycles. The van der Waals surface area contributed by atoms with E-state index in [4.69, 9.17) is 0 Å². The number of aliphatic imine (C=N–C) groups is 1. The predicted octanol–water partition coefficient (Wildman–Crippen LogP) is 5.24. The first-order valence-corrected chi connectivity index (χ1v) is 14.6. The van der Waals surface area contributed by atoms with Crippen molar-refractivity contribution in [2.24, 2.45) is 4.99 Å². The third kappa shape index (κ3) is 8.22. The number of rotatable bonds is 11. The van der Waals surface area contributed by atoms with Gasteiger partial charge < -0.3 is 14.7 Å². The maximum Gasteiger partial charge on any atom is 0.278 e. The molecular formula is C32H34BrN7O. The number of aromatic nitrogens is 2. The summed E-state index contributed by atoms with van der Waals surface area (Å²) in [5.74, 6) is 1.67. The van der Waals surface area contributed by atoms with Gasteiger partial charge in [0.2, 0.25) is 0 Å². The van der Waals surface area contributed by atoms with Crippen molar-refractivity contribution >= 4 is 39.8 Å². The van der Waals surface area contributed by atoms with E-state index in [1.165, 1.54) is 5.56 Å². The van der Waals surface area contributed by atoms with Crippen molar-refractivity contribution in [3.8, 4) is 0 Å². The number of amides is 1. The molecule has 5 rings (SSSR count). The molecule has 2 aromatic heterocycles. The first-order chi connectivity index (χ1) is 20.2. The van der Waals surface area contributed by atoms with Crippen LogP contribution in [0, 0.1) is 0 Å². The number of piperazine rings is 1. The Hall–Kier alpha value is -4.08. The predicted molar refractivity (Wildman–Crippen MR) is 168 cm³/mol. The molecular weight excluding hydrogens is 578 g/mol. The number of carbonyl (C=O) groups is 1. The fourth-order valence-corrected chi connectivity index (χ4v) is 5.08. The summed E-state index contributed by atoms with van der Waals surface area (Å²) < 4.78 is 1.07. The Balaban J connectivity index is 1.23. The highest BCUT2D eigenvalue weighted by atomic mass is 79.9. The van der Waals surface area contributed by atoms with Crippen LogP contribution >= 0.6 is 15.9 Å². The van der Waals surface area contributed by atoms with Gasteiger partial charge in [-0.25, -0.2) is 9.97 Å². The summed E-state index contributed by atoms with van der Waals surface area (Å²) in [6.07, 6.45) is 6.25. The van der Waals surface area contributed by atoms with Gasteiger partial charge in [0, 0.05) is 48.6 Å². The van der Waals surface area contributed by atoms with Crippen molar-refractivity contribution in [2.75, 3.05) is 42.5 Å². The molecule has 1 amide bonds. The quantitative estimate of drug-likeness (QED) is 0.141. The maximum atomic E-state index is 12.6. The SMILES string of the molecule is O=C(N=CN1CCN(c2ccccn2)CC1NCCCN(Cc1ccc(Br)cc1)c1ccccn1)c1ccccc1. The number of hydrogen-bond donors (Lipinski definition) is 1. The van der Waals surface area contributed by atoms with E-state index >= 15 is 0 Å². The number of nitrogens with zero attached hydrogens (tertiary/aromatic N) is 6. The highest BCUT2D eigenvalue weighted by Gasteiger charge is 2.26. The third-order valence-electron chi connectivity index (χ3n) is 6.98. The van der Waals surface area contributed by atoms with Crippen LogP contribution in [0.4, 0.5) is 11.6 Å². The lowest BCUT2D eigenvalue weighted by atomic mass is 10.2. The van der Waals surface area contributed by atoms with E-state index in [0.29, 0.717) is 5.56 Å². The topological polar surface area (TPSA) is 77.0 Å². The Labute approximate surface area is 249 Å². The second-order valence-corrected chi connectivity index (χ2v) is 10.8. The average molecular weight is 613 g/mol. The lowest BCUT2D eigenvalue weighted by Crippen LogP contribution is -2.59. The largest absolute Gasteiger partial charge is 0.352 e. The smallest absolute Gasteiger partial charge is 0.278 e. The second kappa shape index (κ2) is 14.5. The van der Waals surface area contributed by atoms with Gasteiger partial charge in [0.25, 0.3) is 5.91 Å². The van der Waals surface area contributed by atoms with E-state index in [1.54, 1.807) is 18.5 Å². The first kappa shape index (κ1) is 28.4. The third-order valence-corrected chi connectivity index (χ3v) is 7.51. The molecule has 1 fully saturated rings. The number of benzene rings is 2. The van der Waals surface area contributed by atoms with E-state index in [-0.39, 0.29) is 12.1 Å². The molecule has 1 atom stereocenters. The molecule has 2 aromatic carbocycles. The molecule has 4 aromatic rings. The zero-order valence-corrected chi connectivity index (χ0v) is 24.5. The van der Waals surface area contributed by atoms with Crippen molar-refractivity contribution in [1.29, 1.82) is 0 Å². The summed E-state index contributed by atoms with van der Waals surface area (Å²) >= 11 is 3.53. The summed E-state index contributed by atoms with van der Waals surface area (Å²) in [4.78, 5) is 32.8. The van der Waals surface area contributed by atoms with Gasteiger partial charge in [-0.2, -0.15) is 4.99 Å². The molecule has 41 heavy (non-hydrogen) atoms. The van der Waals surface area contributed by atoms with E-state index in [1.807, 2.05) is 60.9 Å². The summed E-state index contributed by atoms with van der Waals surface area (Å²) in [5.41, 5.74) is 1.82. The van der Waals surface area contributed by atoms with Crippen LogP contribution in [0.2, 0.25) is 0 Å². The standard InChI is InChI=1S/C32H34BrN7O/c33-28-15-13-26(14-16-28)23-38(29-11-4-6-17-34-29)20-8-19-36-31-24-39(30-12-5-7-18-35-30)21-22-40(31)25-37-32(41)27-9-2-1-3-10-27/h1-7,9-18,25,31,36H,8,19-24H2. The number of carbonyl (C=O) groups excluding carboxylic acids is 1. The zero-order valence-electron chi connectivity index (χ0n) is 22.9. The summed E-state index contributed by atoms with van der Waals surface area (Å²) in [6, 6.07) is 29.6. The monoisotopic (exact) mass is 611 g/mol. The Morgan fingerprint density at radius 2 is 1.71 bits per heavy atom. The summed E-state index contributed by atoms with van der Waals surface area (Å²) in [5, 5.41) is 3.71. The van der Waals surface area contributed by atoms with Crippen LogP contribution in [0.5, 0.6) is 0 Å². The maximum absolute atomic E-state index is 12.6. The van der Waals surface area contributed by atoms with Crippen molar-refractivity contribution in [2.45, 2.75) is 19.1 Å². The van der Waals surface area contributed by atoms with E-state index in [0.717, 1.165) is 61.8 Å². The summed E-state index contributed by atoms with van der Waals surface area (Å²) in [7, 11) is 0. The van der Waals surface area contributed by atoms with Gasteiger partial charge in [0.1, 0.15) is 11.6 Å². The van der Waals surface area contributed by atoms with Crippen molar-refractivity contribution < 1.29 is 4.79 Å². The molecule has 1 aliphatic heterocycles. The van der Waals surface area contributed by atoms with Crippen LogP contribution in [-0.2, 0) is 6.54 Å². The van der Waals surface area contributed by atoms with Crippen LogP contribution < -0.4 is 15.1 Å². The van der Waals surface area contributed by atoms with Crippen molar-refractivity contribution in [3.05, 3.63) is 119 Å². The van der Waals surface area contributed by atoms with Gasteiger partial charge >= 0.3 is 0 Å². The molecule has 1 saturated heterocycles. The van der Waals surface area contributed by atoms with Gasteiger partial charge in [-0.3, -0.25) is 10.1 Å². The fourth-order valence-electron chi connectivity index (χ4n) is 4.81. The average Bonchev–Trinajstić information content (AvgIpc) is 3.03. The summed E-state index contributed by atoms with van der Waals surface area (Å²) in [6.45, 7) is 4.66. The minimum absolute atomic E-state index is 0.0205. The highest BCUT2D eigenvalue weighted by molar-refractivity contribution is 9.10. The molecule has 0 bridgehead atoms. The van der Waals surface area contributed by atoms with E-state index < -0.39 is 0 Å². The van der Waals surface area contributed by atoms with Crippen molar-refractivity contribution in [1.82, 2.24) is 20.2 Å². The Kier molecular flexibility index (Phi) is 10.1. The Bertz CT molecular complexity index is 1390. The molecule has 1 N–H and O–H groups in total. The van der Waals surface area contributed by atoms with Gasteiger partial charge in [0.05, 0.1) is 19.0 Å². The molecule has 0 spiro atoms. The van der Waals surface area contributed by atoms with E-state index in [2.05, 4.69) is 81.2 Å². The number of halogens is 1. The normalized spacial score (nSPS) is 15.3. The van der Waals surface area contributed by atoms with Gasteiger partial charge in [-0.1, -0.05) is 58.4 Å². The molecule has 210 valence electrons. The van der Waals surface area contributed by atoms with Gasteiger partial charge in [-0.15, -0.1) is 0 Å². The number of pyridine rings is 2. The lowest BCUT2D eigenvalue weighted by Gasteiger charge is -2.41.